The van der Waals surface area contributed by atoms with Crippen LogP contribution in [0.1, 0.15) is 18.4 Å². The van der Waals surface area contributed by atoms with Gasteiger partial charge in [-0.1, -0.05) is 12.1 Å². The van der Waals surface area contributed by atoms with Crippen molar-refractivity contribution in [3.63, 3.8) is 0 Å². The number of alkyl halides is 5. The fourth-order valence-corrected chi connectivity index (χ4v) is 5.12. The maximum absolute atomic E-state index is 13.7. The van der Waals surface area contributed by atoms with Gasteiger partial charge in [-0.15, -0.1) is 0 Å². The van der Waals surface area contributed by atoms with E-state index in [2.05, 4.69) is 20.3 Å². The number of rotatable bonds is 4. The third-order valence-electron chi connectivity index (χ3n) is 5.43. The Morgan fingerprint density at radius 3 is 2.56 bits per heavy atom. The van der Waals surface area contributed by atoms with Crippen LogP contribution in [0.15, 0.2) is 30.6 Å². The number of H-pyrrole nitrogens is 1. The molecule has 0 spiro atoms. The predicted molar refractivity (Wildman–Crippen MR) is 111 cm³/mol. The molecule has 1 aliphatic rings. The number of aliphatic hydroxyl groups is 1. The zero-order valence-electron chi connectivity index (χ0n) is 17.0. The summed E-state index contributed by atoms with van der Waals surface area (Å²) in [5.74, 6) is -3.40. The van der Waals surface area contributed by atoms with Crippen molar-refractivity contribution < 1.29 is 31.6 Å². The van der Waals surface area contributed by atoms with Crippen LogP contribution in [0.3, 0.4) is 0 Å². The number of nitrogens with one attached hydrogen (secondary N) is 2. The zero-order chi connectivity index (χ0) is 23.5. The van der Waals surface area contributed by atoms with Crippen LogP contribution < -0.4 is 10.6 Å². The lowest BCUT2D eigenvalue weighted by atomic mass is 10.1. The Balaban J connectivity index is 1.83. The van der Waals surface area contributed by atoms with Crippen LogP contribution in [0.25, 0.3) is 22.2 Å². The zero-order valence-corrected chi connectivity index (χ0v) is 17.9. The van der Waals surface area contributed by atoms with E-state index in [0.29, 0.717) is 22.4 Å². The maximum atomic E-state index is 13.7. The van der Waals surface area contributed by atoms with Crippen molar-refractivity contribution in [3.8, 4) is 11.3 Å². The van der Waals surface area contributed by atoms with Crippen LogP contribution in [0.4, 0.5) is 27.9 Å². The van der Waals surface area contributed by atoms with E-state index in [9.17, 15) is 31.6 Å². The molecular weight excluding hydrogens is 454 g/mol. The molecule has 172 valence electrons. The van der Waals surface area contributed by atoms with E-state index in [-0.39, 0.29) is 11.5 Å². The first-order valence-electron chi connectivity index (χ1n) is 9.69. The lowest BCUT2D eigenvalue weighted by molar-refractivity contribution is -0.137. The lowest BCUT2D eigenvalue weighted by Gasteiger charge is -2.18. The van der Waals surface area contributed by atoms with Crippen molar-refractivity contribution in [1.29, 1.82) is 0 Å². The summed E-state index contributed by atoms with van der Waals surface area (Å²) in [6.45, 7) is 3.11. The van der Waals surface area contributed by atoms with Gasteiger partial charge in [-0.2, -0.15) is 13.2 Å². The van der Waals surface area contributed by atoms with Gasteiger partial charge in [0.2, 0.25) is 5.95 Å². The van der Waals surface area contributed by atoms with Crippen LogP contribution in [0.5, 0.6) is 0 Å². The molecule has 12 heteroatoms. The van der Waals surface area contributed by atoms with Crippen molar-refractivity contribution in [2.45, 2.75) is 37.1 Å². The molecule has 0 saturated heterocycles. The van der Waals surface area contributed by atoms with Gasteiger partial charge in [0.25, 0.3) is 5.92 Å². The number of hydrogen-bond acceptors (Lipinski definition) is 5. The summed E-state index contributed by atoms with van der Waals surface area (Å²) in [5, 5.41) is 13.3. The SMILES string of the molecule is CP(C)(=O)c1cccc2c(-c3nc(N[C@@H]4CC(F)(F)C[C@@H]4O)ncc3C(F)(F)F)c[nH]c12. The number of para-hydroxylation sites is 1. The molecule has 4 rings (SSSR count). The van der Waals surface area contributed by atoms with Gasteiger partial charge in [0.05, 0.1) is 23.4 Å². The minimum atomic E-state index is -4.78. The molecule has 2 heterocycles. The first-order chi connectivity index (χ1) is 14.8. The largest absolute Gasteiger partial charge is 0.419 e. The molecule has 6 nitrogen and oxygen atoms in total. The maximum Gasteiger partial charge on any atom is 0.419 e. The Labute approximate surface area is 179 Å². The molecule has 1 aliphatic carbocycles. The highest BCUT2D eigenvalue weighted by atomic mass is 31.2. The van der Waals surface area contributed by atoms with Gasteiger partial charge >= 0.3 is 6.18 Å². The van der Waals surface area contributed by atoms with E-state index >= 15 is 0 Å². The average molecular weight is 474 g/mol. The standard InChI is InChI=1S/C20H20F5N4O2P/c1-32(2,31)15-5-3-4-10-11(8-26-17(10)15)16-12(20(23,24)25)9-27-18(29-16)28-13-6-19(21,22)7-14(13)30/h3-5,8-9,13-14,26,30H,6-7H2,1-2H3,(H,27,28,29)/t13-,14+/m1/s1. The number of hydrogen-bond donors (Lipinski definition) is 3. The molecule has 32 heavy (non-hydrogen) atoms. The Morgan fingerprint density at radius 1 is 1.25 bits per heavy atom. The number of aromatic amines is 1. The number of halogens is 5. The van der Waals surface area contributed by atoms with Crippen molar-refractivity contribution in [2.24, 2.45) is 0 Å². The van der Waals surface area contributed by atoms with Gasteiger partial charge < -0.3 is 20.0 Å². The van der Waals surface area contributed by atoms with Gasteiger partial charge in [-0.25, -0.2) is 18.7 Å². The molecular formula is C20H20F5N4O2P. The predicted octanol–water partition coefficient (Wildman–Crippen LogP) is 4.46. The quantitative estimate of drug-likeness (QED) is 0.384. The molecule has 3 aromatic rings. The second-order valence-corrected chi connectivity index (χ2v) is 11.5. The Hall–Kier alpha value is -2.52. The molecule has 1 fully saturated rings. The summed E-state index contributed by atoms with van der Waals surface area (Å²) in [6, 6.07) is 3.72. The molecule has 2 atom stereocenters. The molecule has 0 amide bonds. The monoisotopic (exact) mass is 474 g/mol. The molecule has 0 unspecified atom stereocenters. The van der Waals surface area contributed by atoms with E-state index in [1.165, 1.54) is 6.20 Å². The highest BCUT2D eigenvalue weighted by molar-refractivity contribution is 7.70. The van der Waals surface area contributed by atoms with E-state index in [0.717, 1.165) is 0 Å². The summed E-state index contributed by atoms with van der Waals surface area (Å²) in [5.41, 5.74) is -1.03. The van der Waals surface area contributed by atoms with Crippen LogP contribution >= 0.6 is 7.14 Å². The number of nitrogens with zero attached hydrogens (tertiary/aromatic N) is 2. The molecule has 2 aromatic heterocycles. The van der Waals surface area contributed by atoms with E-state index in [1.807, 2.05) is 0 Å². The molecule has 0 radical (unpaired) electrons. The third-order valence-corrected chi connectivity index (χ3v) is 6.96. The smallest absolute Gasteiger partial charge is 0.391 e. The normalized spacial score (nSPS) is 21.2. The summed E-state index contributed by atoms with van der Waals surface area (Å²) in [6.07, 6.45) is -5.69. The Kier molecular flexibility index (Phi) is 5.33. The van der Waals surface area contributed by atoms with Gasteiger partial charge in [0.1, 0.15) is 12.7 Å². The minimum absolute atomic E-state index is 0.102. The molecule has 3 N–H and O–H groups in total. The third kappa shape index (κ3) is 4.23. The summed E-state index contributed by atoms with van der Waals surface area (Å²) < 4.78 is 80.9. The average Bonchev–Trinajstić information content (AvgIpc) is 3.19. The molecule has 0 aliphatic heterocycles. The number of aliphatic hydroxyl groups excluding tert-OH is 1. The van der Waals surface area contributed by atoms with Crippen LogP contribution in [-0.4, -0.2) is 51.5 Å². The highest BCUT2D eigenvalue weighted by Crippen LogP contribution is 2.42. The Bertz CT molecular complexity index is 1220. The lowest BCUT2D eigenvalue weighted by Crippen LogP contribution is -2.29. The van der Waals surface area contributed by atoms with Gasteiger partial charge in [-0.05, 0) is 19.4 Å². The topological polar surface area (TPSA) is 90.9 Å². The number of fused-ring (bicyclic) bond motifs is 1. The van der Waals surface area contributed by atoms with E-state index in [4.69, 9.17) is 0 Å². The number of aromatic nitrogens is 3. The van der Waals surface area contributed by atoms with E-state index < -0.39 is 55.5 Å². The highest BCUT2D eigenvalue weighted by Gasteiger charge is 2.46. The second-order valence-electron chi connectivity index (χ2n) is 8.29. The fraction of sp³-hybridized carbons (Fsp3) is 0.400. The molecule has 1 aromatic carbocycles. The van der Waals surface area contributed by atoms with Gasteiger partial charge in [0, 0.05) is 41.5 Å². The summed E-state index contributed by atoms with van der Waals surface area (Å²) >= 11 is 0. The van der Waals surface area contributed by atoms with Crippen molar-refractivity contribution in [3.05, 3.63) is 36.2 Å². The number of anilines is 1. The summed E-state index contributed by atoms with van der Waals surface area (Å²) in [4.78, 5) is 10.5. The Morgan fingerprint density at radius 2 is 1.97 bits per heavy atom. The van der Waals surface area contributed by atoms with Crippen molar-refractivity contribution in [1.82, 2.24) is 15.0 Å². The molecule has 0 bridgehead atoms. The molecule has 1 saturated carbocycles. The number of benzene rings is 1. The van der Waals surface area contributed by atoms with Crippen LogP contribution in [0.2, 0.25) is 0 Å². The van der Waals surface area contributed by atoms with Gasteiger partial charge in [-0.3, -0.25) is 0 Å². The minimum Gasteiger partial charge on any atom is -0.391 e. The van der Waals surface area contributed by atoms with Crippen molar-refractivity contribution in [2.75, 3.05) is 18.6 Å². The van der Waals surface area contributed by atoms with E-state index in [1.54, 1.807) is 31.5 Å². The summed E-state index contributed by atoms with van der Waals surface area (Å²) in [7, 11) is -2.73. The second kappa shape index (κ2) is 7.52. The van der Waals surface area contributed by atoms with Crippen LogP contribution in [0, 0.1) is 0 Å². The van der Waals surface area contributed by atoms with Gasteiger partial charge in [0.15, 0.2) is 0 Å². The van der Waals surface area contributed by atoms with Crippen molar-refractivity contribution >= 4 is 29.3 Å². The first-order valence-corrected chi connectivity index (χ1v) is 12.3. The van der Waals surface area contributed by atoms with Crippen LogP contribution in [-0.2, 0) is 10.7 Å². The fourth-order valence-electron chi connectivity index (χ4n) is 3.95. The first kappa shape index (κ1) is 22.7.